The first-order valence-electron chi connectivity index (χ1n) is 5.05. The second-order valence-corrected chi connectivity index (χ2v) is 4.20. The minimum absolute atomic E-state index is 0.127. The van der Waals surface area contributed by atoms with Crippen LogP contribution in [0.2, 0.25) is 0 Å². The molecule has 1 saturated carbocycles. The van der Waals surface area contributed by atoms with Gasteiger partial charge in [-0.1, -0.05) is 0 Å². The average molecular weight is 208 g/mol. The molecule has 0 spiro atoms. The van der Waals surface area contributed by atoms with Crippen molar-refractivity contribution < 1.29 is 5.11 Å². The van der Waals surface area contributed by atoms with Crippen LogP contribution in [-0.2, 0) is 0 Å². The smallest absolute Gasteiger partial charge is 0.226 e. The molecule has 0 unspecified atom stereocenters. The van der Waals surface area contributed by atoms with Gasteiger partial charge in [-0.3, -0.25) is 0 Å². The van der Waals surface area contributed by atoms with Crippen LogP contribution in [0.1, 0.15) is 12.8 Å². The van der Waals surface area contributed by atoms with Gasteiger partial charge in [-0.2, -0.15) is 4.98 Å². The molecular weight excluding hydrogens is 192 g/mol. The van der Waals surface area contributed by atoms with Gasteiger partial charge in [0.25, 0.3) is 0 Å². The lowest BCUT2D eigenvalue weighted by Gasteiger charge is -2.16. The largest absolute Gasteiger partial charge is 0.394 e. The first-order chi connectivity index (χ1) is 7.15. The van der Waals surface area contributed by atoms with Crippen molar-refractivity contribution in [2.75, 3.05) is 30.9 Å². The van der Waals surface area contributed by atoms with Crippen molar-refractivity contribution in [3.8, 4) is 0 Å². The van der Waals surface area contributed by atoms with Crippen LogP contribution in [-0.4, -0.2) is 41.3 Å². The zero-order valence-corrected chi connectivity index (χ0v) is 9.06. The van der Waals surface area contributed by atoms with Crippen molar-refractivity contribution >= 4 is 11.8 Å². The zero-order valence-electron chi connectivity index (χ0n) is 9.06. The molecule has 5 heteroatoms. The number of aromatic nitrogens is 2. The average Bonchev–Trinajstić information content (AvgIpc) is 2.99. The number of aliphatic hydroxyl groups is 1. The molecule has 0 amide bonds. The maximum atomic E-state index is 9.18. The fraction of sp³-hybridized carbons (Fsp3) is 0.600. The molecule has 0 radical (unpaired) electrons. The van der Waals surface area contributed by atoms with E-state index in [0.717, 1.165) is 18.7 Å². The van der Waals surface area contributed by atoms with E-state index in [0.29, 0.717) is 5.95 Å². The van der Waals surface area contributed by atoms with E-state index in [1.54, 1.807) is 6.20 Å². The van der Waals surface area contributed by atoms with Crippen molar-refractivity contribution in [2.45, 2.75) is 18.4 Å². The second-order valence-electron chi connectivity index (χ2n) is 4.20. The number of hydrogen-bond donors (Lipinski definition) is 2. The molecule has 2 rings (SSSR count). The first-order valence-corrected chi connectivity index (χ1v) is 5.05. The van der Waals surface area contributed by atoms with E-state index in [-0.39, 0.29) is 12.1 Å². The van der Waals surface area contributed by atoms with E-state index in [2.05, 4.69) is 15.3 Å². The summed E-state index contributed by atoms with van der Waals surface area (Å²) >= 11 is 0. The van der Waals surface area contributed by atoms with Crippen molar-refractivity contribution in [1.29, 1.82) is 0 Å². The number of hydrogen-bond acceptors (Lipinski definition) is 5. The maximum Gasteiger partial charge on any atom is 0.226 e. The molecule has 0 aromatic carbocycles. The lowest BCUT2D eigenvalue weighted by atomic mass is 10.3. The van der Waals surface area contributed by atoms with Gasteiger partial charge in [0.2, 0.25) is 5.95 Å². The number of rotatable bonds is 4. The molecule has 0 aliphatic heterocycles. The molecule has 0 saturated heterocycles. The van der Waals surface area contributed by atoms with Crippen LogP contribution in [0.4, 0.5) is 11.8 Å². The standard InChI is InChI=1S/C10H16N4O/c1-14(2)9-11-6-3-8(12-9)13-10(7-15)4-5-10/h3,6,15H,4-5,7H2,1-2H3,(H,11,12,13). The Kier molecular flexibility index (Phi) is 2.48. The Hall–Kier alpha value is -1.36. The van der Waals surface area contributed by atoms with E-state index in [1.165, 1.54) is 0 Å². The number of nitrogens with one attached hydrogen (secondary N) is 1. The quantitative estimate of drug-likeness (QED) is 0.753. The van der Waals surface area contributed by atoms with Crippen LogP contribution in [0, 0.1) is 0 Å². The molecule has 1 aromatic heterocycles. The maximum absolute atomic E-state index is 9.18. The molecule has 1 aromatic rings. The van der Waals surface area contributed by atoms with Gasteiger partial charge in [-0.15, -0.1) is 0 Å². The summed E-state index contributed by atoms with van der Waals surface area (Å²) < 4.78 is 0. The van der Waals surface area contributed by atoms with E-state index in [9.17, 15) is 5.11 Å². The number of aliphatic hydroxyl groups excluding tert-OH is 1. The minimum Gasteiger partial charge on any atom is -0.394 e. The van der Waals surface area contributed by atoms with Crippen LogP contribution >= 0.6 is 0 Å². The third kappa shape index (κ3) is 2.18. The highest BCUT2D eigenvalue weighted by Gasteiger charge is 2.42. The van der Waals surface area contributed by atoms with Gasteiger partial charge in [0.15, 0.2) is 0 Å². The Morgan fingerprint density at radius 2 is 2.27 bits per heavy atom. The van der Waals surface area contributed by atoms with E-state index in [1.807, 2.05) is 25.1 Å². The molecule has 2 N–H and O–H groups in total. The van der Waals surface area contributed by atoms with Crippen LogP contribution in [0.25, 0.3) is 0 Å². The fourth-order valence-electron chi connectivity index (χ4n) is 1.38. The summed E-state index contributed by atoms with van der Waals surface area (Å²) in [5.41, 5.74) is -0.127. The van der Waals surface area contributed by atoms with E-state index < -0.39 is 0 Å². The minimum atomic E-state index is -0.127. The summed E-state index contributed by atoms with van der Waals surface area (Å²) in [6, 6.07) is 1.82. The zero-order chi connectivity index (χ0) is 10.9. The predicted molar refractivity (Wildman–Crippen MR) is 59.0 cm³/mol. The molecule has 15 heavy (non-hydrogen) atoms. The third-order valence-corrected chi connectivity index (χ3v) is 2.59. The van der Waals surface area contributed by atoms with Crippen molar-refractivity contribution in [3.63, 3.8) is 0 Å². The SMILES string of the molecule is CN(C)c1nccc(NC2(CO)CC2)n1. The van der Waals surface area contributed by atoms with Crippen molar-refractivity contribution in [1.82, 2.24) is 9.97 Å². The summed E-state index contributed by atoms with van der Waals surface area (Å²) in [4.78, 5) is 10.3. The van der Waals surface area contributed by atoms with Crippen LogP contribution in [0.5, 0.6) is 0 Å². The summed E-state index contributed by atoms with van der Waals surface area (Å²) in [6.45, 7) is 0.161. The summed E-state index contributed by atoms with van der Waals surface area (Å²) in [7, 11) is 3.80. The number of nitrogens with zero attached hydrogens (tertiary/aromatic N) is 3. The predicted octanol–water partition coefficient (Wildman–Crippen LogP) is 0.479. The van der Waals surface area contributed by atoms with Crippen LogP contribution in [0.15, 0.2) is 12.3 Å². The van der Waals surface area contributed by atoms with Gasteiger partial charge >= 0.3 is 0 Å². The highest BCUT2D eigenvalue weighted by molar-refractivity contribution is 5.44. The molecule has 82 valence electrons. The van der Waals surface area contributed by atoms with Gasteiger partial charge in [-0.25, -0.2) is 4.98 Å². The normalized spacial score (nSPS) is 17.3. The molecular formula is C10H16N4O. The van der Waals surface area contributed by atoms with Crippen molar-refractivity contribution in [2.24, 2.45) is 0 Å². The highest BCUT2D eigenvalue weighted by atomic mass is 16.3. The summed E-state index contributed by atoms with van der Waals surface area (Å²) in [5.74, 6) is 1.45. The fourth-order valence-corrected chi connectivity index (χ4v) is 1.38. The van der Waals surface area contributed by atoms with E-state index in [4.69, 9.17) is 0 Å². The van der Waals surface area contributed by atoms with Gasteiger partial charge in [0.05, 0.1) is 12.1 Å². The van der Waals surface area contributed by atoms with Crippen LogP contribution < -0.4 is 10.2 Å². The monoisotopic (exact) mass is 208 g/mol. The Morgan fingerprint density at radius 3 is 2.80 bits per heavy atom. The number of anilines is 2. The molecule has 0 bridgehead atoms. The van der Waals surface area contributed by atoms with E-state index >= 15 is 0 Å². The molecule has 5 nitrogen and oxygen atoms in total. The summed E-state index contributed by atoms with van der Waals surface area (Å²) in [6.07, 6.45) is 3.73. The third-order valence-electron chi connectivity index (χ3n) is 2.59. The Balaban J connectivity index is 2.11. The second kappa shape index (κ2) is 3.66. The Bertz CT molecular complexity index is 349. The van der Waals surface area contributed by atoms with Gasteiger partial charge < -0.3 is 15.3 Å². The molecule has 1 aliphatic rings. The van der Waals surface area contributed by atoms with Crippen molar-refractivity contribution in [3.05, 3.63) is 12.3 Å². The first kappa shape index (κ1) is 10.2. The lowest BCUT2D eigenvalue weighted by Crippen LogP contribution is -2.26. The molecule has 1 heterocycles. The Labute approximate surface area is 89.2 Å². The lowest BCUT2D eigenvalue weighted by molar-refractivity contribution is 0.266. The van der Waals surface area contributed by atoms with Gasteiger partial charge in [0, 0.05) is 20.3 Å². The topological polar surface area (TPSA) is 61.3 Å². The van der Waals surface area contributed by atoms with Gasteiger partial charge in [0.1, 0.15) is 5.82 Å². The van der Waals surface area contributed by atoms with Crippen LogP contribution in [0.3, 0.4) is 0 Å². The molecule has 0 atom stereocenters. The Morgan fingerprint density at radius 1 is 1.53 bits per heavy atom. The van der Waals surface area contributed by atoms with Gasteiger partial charge in [-0.05, 0) is 18.9 Å². The highest BCUT2D eigenvalue weighted by Crippen LogP contribution is 2.37. The molecule has 1 fully saturated rings. The molecule has 1 aliphatic carbocycles. The summed E-state index contributed by atoms with van der Waals surface area (Å²) in [5, 5.41) is 12.4.